The number of nitrogens with zero attached hydrogens (tertiary/aromatic N) is 2. The largest absolute Gasteiger partial charge is 0.407 e. The number of hydrogen-bond acceptors (Lipinski definition) is 5. The third-order valence-electron chi connectivity index (χ3n) is 2.24. The van der Waals surface area contributed by atoms with Gasteiger partial charge in [0.1, 0.15) is 5.82 Å². The molecule has 0 atom stereocenters. The molecule has 2 rings (SSSR count). The molecule has 0 radical (unpaired) electrons. The Labute approximate surface area is 97.8 Å². The molecule has 0 unspecified atom stereocenters. The lowest BCUT2D eigenvalue weighted by atomic mass is 10.1. The Morgan fingerprint density at radius 2 is 2.00 bits per heavy atom. The summed E-state index contributed by atoms with van der Waals surface area (Å²) in [6, 6.07) is 6.72. The molecule has 90 valence electrons. The van der Waals surface area contributed by atoms with E-state index in [4.69, 9.17) is 10.2 Å². The number of halogens is 1. The summed E-state index contributed by atoms with van der Waals surface area (Å²) in [5.74, 6) is 0.167. The first-order chi connectivity index (χ1) is 8.28. The summed E-state index contributed by atoms with van der Waals surface area (Å²) in [6.45, 7) is 0.866. The monoisotopic (exact) mass is 236 g/mol. The van der Waals surface area contributed by atoms with Crippen LogP contribution >= 0.6 is 0 Å². The third-order valence-corrected chi connectivity index (χ3v) is 2.24. The second-order valence-corrected chi connectivity index (χ2v) is 3.51. The maximum absolute atomic E-state index is 12.7. The molecule has 6 heteroatoms. The van der Waals surface area contributed by atoms with Crippen molar-refractivity contribution in [3.05, 3.63) is 41.5 Å². The van der Waals surface area contributed by atoms with Gasteiger partial charge in [-0.2, -0.15) is 0 Å². The molecule has 2 aromatic rings. The van der Waals surface area contributed by atoms with Crippen LogP contribution in [-0.4, -0.2) is 16.7 Å². The van der Waals surface area contributed by atoms with Gasteiger partial charge in [0.05, 0.1) is 6.54 Å². The van der Waals surface area contributed by atoms with Gasteiger partial charge < -0.3 is 15.5 Å². The molecule has 0 fully saturated rings. The maximum atomic E-state index is 12.7. The smallest absolute Gasteiger partial charge is 0.315 e. The van der Waals surface area contributed by atoms with Crippen LogP contribution in [0.2, 0.25) is 0 Å². The van der Waals surface area contributed by atoms with E-state index in [9.17, 15) is 4.39 Å². The van der Waals surface area contributed by atoms with Crippen LogP contribution in [0.4, 0.5) is 10.4 Å². The van der Waals surface area contributed by atoms with Crippen molar-refractivity contribution in [2.75, 3.05) is 11.9 Å². The van der Waals surface area contributed by atoms with E-state index in [1.54, 1.807) is 12.1 Å². The van der Waals surface area contributed by atoms with E-state index in [0.29, 0.717) is 18.5 Å². The SMILES string of the molecule is NCc1nnc(NCCc2ccc(F)cc2)o1. The summed E-state index contributed by atoms with van der Waals surface area (Å²) in [5.41, 5.74) is 6.38. The fraction of sp³-hybridized carbons (Fsp3) is 0.273. The molecule has 5 nitrogen and oxygen atoms in total. The van der Waals surface area contributed by atoms with Gasteiger partial charge in [-0.3, -0.25) is 0 Å². The first kappa shape index (κ1) is 11.5. The van der Waals surface area contributed by atoms with Crippen LogP contribution in [0.1, 0.15) is 11.5 Å². The predicted octanol–water partition coefficient (Wildman–Crippen LogP) is 1.32. The van der Waals surface area contributed by atoms with Crippen molar-refractivity contribution in [1.29, 1.82) is 0 Å². The minimum absolute atomic E-state index is 0.229. The first-order valence-electron chi connectivity index (χ1n) is 5.28. The summed E-state index contributed by atoms with van der Waals surface area (Å²) >= 11 is 0. The van der Waals surface area contributed by atoms with Crippen molar-refractivity contribution in [1.82, 2.24) is 10.2 Å². The molecular formula is C11H13FN4O. The van der Waals surface area contributed by atoms with E-state index in [-0.39, 0.29) is 12.4 Å². The van der Waals surface area contributed by atoms with Gasteiger partial charge in [-0.25, -0.2) is 4.39 Å². The van der Waals surface area contributed by atoms with Gasteiger partial charge in [0, 0.05) is 6.54 Å². The van der Waals surface area contributed by atoms with Crippen molar-refractivity contribution in [2.24, 2.45) is 5.73 Å². The van der Waals surface area contributed by atoms with Crippen molar-refractivity contribution in [2.45, 2.75) is 13.0 Å². The first-order valence-corrected chi connectivity index (χ1v) is 5.28. The highest BCUT2D eigenvalue weighted by atomic mass is 19.1. The van der Waals surface area contributed by atoms with Crippen LogP contribution in [-0.2, 0) is 13.0 Å². The van der Waals surface area contributed by atoms with E-state index in [2.05, 4.69) is 15.5 Å². The van der Waals surface area contributed by atoms with Gasteiger partial charge in [-0.1, -0.05) is 17.2 Å². The summed E-state index contributed by atoms with van der Waals surface area (Å²) < 4.78 is 17.8. The molecule has 0 saturated carbocycles. The zero-order chi connectivity index (χ0) is 12.1. The van der Waals surface area contributed by atoms with Gasteiger partial charge >= 0.3 is 6.01 Å². The Morgan fingerprint density at radius 3 is 2.65 bits per heavy atom. The molecule has 0 saturated heterocycles. The van der Waals surface area contributed by atoms with Crippen molar-refractivity contribution in [3.63, 3.8) is 0 Å². The van der Waals surface area contributed by atoms with Crippen molar-refractivity contribution < 1.29 is 8.81 Å². The minimum Gasteiger partial charge on any atom is -0.407 e. The fourth-order valence-corrected chi connectivity index (χ4v) is 1.37. The van der Waals surface area contributed by atoms with Gasteiger partial charge in [0.25, 0.3) is 0 Å². The number of benzene rings is 1. The van der Waals surface area contributed by atoms with Crippen LogP contribution in [0, 0.1) is 5.82 Å². The minimum atomic E-state index is -0.230. The highest BCUT2D eigenvalue weighted by molar-refractivity contribution is 5.20. The second kappa shape index (κ2) is 5.40. The standard InChI is InChI=1S/C11H13FN4O/c12-9-3-1-8(2-4-9)5-6-14-11-16-15-10(7-13)17-11/h1-4H,5-7,13H2,(H,14,16). The van der Waals surface area contributed by atoms with Gasteiger partial charge in [-0.15, -0.1) is 5.10 Å². The normalized spacial score (nSPS) is 10.5. The van der Waals surface area contributed by atoms with E-state index >= 15 is 0 Å². The number of nitrogens with one attached hydrogen (secondary N) is 1. The third kappa shape index (κ3) is 3.25. The van der Waals surface area contributed by atoms with Crippen LogP contribution < -0.4 is 11.1 Å². The summed E-state index contributed by atoms with van der Waals surface area (Å²) in [6.07, 6.45) is 0.751. The molecule has 0 aliphatic rings. The highest BCUT2D eigenvalue weighted by Crippen LogP contribution is 2.06. The quantitative estimate of drug-likeness (QED) is 0.818. The second-order valence-electron chi connectivity index (χ2n) is 3.51. The zero-order valence-corrected chi connectivity index (χ0v) is 9.19. The molecule has 3 N–H and O–H groups in total. The van der Waals surface area contributed by atoms with Crippen molar-refractivity contribution >= 4 is 6.01 Å². The topological polar surface area (TPSA) is 77.0 Å². The number of aromatic nitrogens is 2. The molecule has 17 heavy (non-hydrogen) atoms. The van der Waals surface area contributed by atoms with E-state index in [1.165, 1.54) is 12.1 Å². The average Bonchev–Trinajstić information content (AvgIpc) is 2.80. The van der Waals surface area contributed by atoms with Crippen molar-refractivity contribution in [3.8, 4) is 0 Å². The Morgan fingerprint density at radius 1 is 1.24 bits per heavy atom. The average molecular weight is 236 g/mol. The lowest BCUT2D eigenvalue weighted by Gasteiger charge is -2.01. The van der Waals surface area contributed by atoms with Crippen LogP contribution in [0.3, 0.4) is 0 Å². The van der Waals surface area contributed by atoms with Gasteiger partial charge in [0.2, 0.25) is 5.89 Å². The molecule has 0 spiro atoms. The molecule has 1 aromatic heterocycles. The van der Waals surface area contributed by atoms with E-state index in [0.717, 1.165) is 12.0 Å². The lowest BCUT2D eigenvalue weighted by molar-refractivity contribution is 0.507. The molecule has 1 aromatic carbocycles. The molecule has 1 heterocycles. The Kier molecular flexibility index (Phi) is 3.66. The van der Waals surface area contributed by atoms with E-state index < -0.39 is 0 Å². The molecule has 0 aliphatic heterocycles. The summed E-state index contributed by atoms with van der Waals surface area (Å²) in [4.78, 5) is 0. The summed E-state index contributed by atoms with van der Waals surface area (Å²) in [5, 5.41) is 10.5. The highest BCUT2D eigenvalue weighted by Gasteiger charge is 2.02. The molecule has 0 bridgehead atoms. The number of nitrogens with two attached hydrogens (primary N) is 1. The molecule has 0 amide bonds. The summed E-state index contributed by atoms with van der Waals surface area (Å²) in [7, 11) is 0. The van der Waals surface area contributed by atoms with Gasteiger partial charge in [-0.05, 0) is 24.1 Å². The Balaban J connectivity index is 1.81. The van der Waals surface area contributed by atoms with Crippen LogP contribution in [0.5, 0.6) is 0 Å². The van der Waals surface area contributed by atoms with E-state index in [1.807, 2.05) is 0 Å². The Hall–Kier alpha value is -1.95. The van der Waals surface area contributed by atoms with Gasteiger partial charge in [0.15, 0.2) is 0 Å². The zero-order valence-electron chi connectivity index (χ0n) is 9.19. The number of rotatable bonds is 5. The van der Waals surface area contributed by atoms with Crippen LogP contribution in [0.15, 0.2) is 28.7 Å². The van der Waals surface area contributed by atoms with Crippen LogP contribution in [0.25, 0.3) is 0 Å². The maximum Gasteiger partial charge on any atom is 0.315 e. The number of hydrogen-bond donors (Lipinski definition) is 2. The fourth-order valence-electron chi connectivity index (χ4n) is 1.37. The molecule has 0 aliphatic carbocycles. The molecular weight excluding hydrogens is 223 g/mol. The lowest BCUT2D eigenvalue weighted by Crippen LogP contribution is -2.05. The Bertz CT molecular complexity index is 469. The predicted molar refractivity (Wildman–Crippen MR) is 60.8 cm³/mol. The number of anilines is 1.